The van der Waals surface area contributed by atoms with Crippen LogP contribution in [0.3, 0.4) is 0 Å². The van der Waals surface area contributed by atoms with Gasteiger partial charge < -0.3 is 20.3 Å². The van der Waals surface area contributed by atoms with Crippen LogP contribution in [0.1, 0.15) is 28.5 Å². The predicted molar refractivity (Wildman–Crippen MR) is 159 cm³/mol. The number of piperazine rings is 1. The number of benzene rings is 2. The molecule has 0 bridgehead atoms. The van der Waals surface area contributed by atoms with Crippen molar-refractivity contribution in [2.45, 2.75) is 19.6 Å². The number of pyridine rings is 1. The number of anilines is 2. The highest BCUT2D eigenvalue weighted by molar-refractivity contribution is 7.22. The van der Waals surface area contributed by atoms with Gasteiger partial charge >= 0.3 is 12.2 Å². The molecule has 0 aliphatic carbocycles. The lowest BCUT2D eigenvalue weighted by Crippen LogP contribution is -2.45. The van der Waals surface area contributed by atoms with Crippen molar-refractivity contribution in [1.29, 1.82) is 0 Å². The minimum absolute atomic E-state index is 0.0228. The summed E-state index contributed by atoms with van der Waals surface area (Å²) in [6, 6.07) is 11.4. The second kappa shape index (κ2) is 12.9. The van der Waals surface area contributed by atoms with E-state index in [0.717, 1.165) is 25.7 Å². The zero-order chi connectivity index (χ0) is 30.6. The Bertz CT molecular complexity index is 1620. The second-order valence-corrected chi connectivity index (χ2v) is 10.9. The summed E-state index contributed by atoms with van der Waals surface area (Å²) in [5.74, 6) is 0.552. The number of aromatic nitrogens is 2. The van der Waals surface area contributed by atoms with E-state index in [2.05, 4.69) is 37.7 Å². The second-order valence-electron chi connectivity index (χ2n) is 9.87. The van der Waals surface area contributed by atoms with Crippen LogP contribution in [0.5, 0.6) is 11.5 Å². The first-order valence-electron chi connectivity index (χ1n) is 13.6. The number of nitrogens with zero attached hydrogens (tertiary/aromatic N) is 4. The topological polar surface area (TPSA) is 112 Å². The summed E-state index contributed by atoms with van der Waals surface area (Å²) in [5, 5.41) is 7.84. The summed E-state index contributed by atoms with van der Waals surface area (Å²) in [5.41, 5.74) is 0.224. The largest absolute Gasteiger partial charge is 0.457 e. The van der Waals surface area contributed by atoms with Gasteiger partial charge in [-0.05, 0) is 42.4 Å². The van der Waals surface area contributed by atoms with E-state index >= 15 is 0 Å². The Kier molecular flexibility index (Phi) is 9.08. The third-order valence-corrected chi connectivity index (χ3v) is 7.92. The number of nitrogens with one attached hydrogen (secondary N) is 3. The zero-order valence-corrected chi connectivity index (χ0v) is 24.3. The van der Waals surface area contributed by atoms with Crippen molar-refractivity contribution in [1.82, 2.24) is 25.1 Å². The molecule has 3 N–H and O–H groups in total. The summed E-state index contributed by atoms with van der Waals surface area (Å²) >= 11 is 1.18. The van der Waals surface area contributed by atoms with Crippen molar-refractivity contribution in [3.8, 4) is 11.5 Å². The van der Waals surface area contributed by atoms with Crippen LogP contribution in [-0.2, 0) is 12.7 Å². The normalized spacial score (nSPS) is 14.4. The fourth-order valence-electron chi connectivity index (χ4n) is 4.70. The molecular formula is C29H30F3N7O3S. The van der Waals surface area contributed by atoms with Gasteiger partial charge in [-0.1, -0.05) is 24.3 Å². The minimum Gasteiger partial charge on any atom is -0.457 e. The number of hydrogen-bond acceptors (Lipinski definition) is 8. The molecule has 4 aromatic rings. The summed E-state index contributed by atoms with van der Waals surface area (Å²) in [6.45, 7) is 6.22. The number of halogens is 3. The highest BCUT2D eigenvalue weighted by atomic mass is 32.1. The highest BCUT2D eigenvalue weighted by Crippen LogP contribution is 2.35. The number of carbonyl (C=O) groups is 2. The first kappa shape index (κ1) is 30.2. The molecule has 2 aromatic heterocycles. The van der Waals surface area contributed by atoms with Gasteiger partial charge in [0.15, 0.2) is 5.13 Å². The zero-order valence-electron chi connectivity index (χ0n) is 23.5. The SMILES string of the molecule is CCN1CCN(Cc2ccc(NC(=O)Nc3nc4ccc(Oc5ccnc(C(=O)NC)c5)cc4s3)cc2C(F)(F)F)CC1. The van der Waals surface area contributed by atoms with Gasteiger partial charge in [-0.3, -0.25) is 20.0 Å². The molecule has 3 heterocycles. The summed E-state index contributed by atoms with van der Waals surface area (Å²) < 4.78 is 48.4. The van der Waals surface area contributed by atoms with E-state index in [4.69, 9.17) is 4.74 Å². The van der Waals surface area contributed by atoms with Gasteiger partial charge in [-0.15, -0.1) is 0 Å². The van der Waals surface area contributed by atoms with Crippen molar-refractivity contribution >= 4 is 44.3 Å². The van der Waals surface area contributed by atoms with Crippen LogP contribution in [-0.4, -0.2) is 71.5 Å². The minimum atomic E-state index is -4.57. The number of amides is 3. The molecule has 5 rings (SSSR count). The average Bonchev–Trinajstić information content (AvgIpc) is 3.38. The molecule has 0 saturated carbocycles. The number of fused-ring (bicyclic) bond motifs is 1. The molecule has 1 aliphatic rings. The van der Waals surface area contributed by atoms with Crippen molar-refractivity contribution in [2.75, 3.05) is 50.4 Å². The molecule has 0 atom stereocenters. The van der Waals surface area contributed by atoms with E-state index in [1.54, 1.807) is 24.3 Å². The van der Waals surface area contributed by atoms with Gasteiger partial charge in [0.1, 0.15) is 17.2 Å². The van der Waals surface area contributed by atoms with Gasteiger partial charge in [0.2, 0.25) is 0 Å². The van der Waals surface area contributed by atoms with Crippen LogP contribution in [0.4, 0.5) is 28.8 Å². The Balaban J connectivity index is 1.24. The third kappa shape index (κ3) is 7.58. The van der Waals surface area contributed by atoms with Gasteiger partial charge in [-0.25, -0.2) is 9.78 Å². The first-order valence-corrected chi connectivity index (χ1v) is 14.4. The average molecular weight is 614 g/mol. The Morgan fingerprint density at radius 2 is 1.72 bits per heavy atom. The molecule has 0 spiro atoms. The first-order chi connectivity index (χ1) is 20.6. The van der Waals surface area contributed by atoms with Gasteiger partial charge in [-0.2, -0.15) is 13.2 Å². The van der Waals surface area contributed by atoms with Crippen LogP contribution in [0.2, 0.25) is 0 Å². The summed E-state index contributed by atoms with van der Waals surface area (Å²) in [7, 11) is 1.51. The summed E-state index contributed by atoms with van der Waals surface area (Å²) in [6.07, 6.45) is -3.10. The van der Waals surface area contributed by atoms with Crippen molar-refractivity contribution in [3.05, 3.63) is 71.5 Å². The summed E-state index contributed by atoms with van der Waals surface area (Å²) in [4.78, 5) is 37.2. The van der Waals surface area contributed by atoms with Crippen molar-refractivity contribution < 1.29 is 27.5 Å². The molecule has 1 aliphatic heterocycles. The lowest BCUT2D eigenvalue weighted by molar-refractivity contribution is -0.138. The van der Waals surface area contributed by atoms with Crippen LogP contribution in [0.25, 0.3) is 10.2 Å². The fraction of sp³-hybridized carbons (Fsp3) is 0.310. The third-order valence-electron chi connectivity index (χ3n) is 6.99. The molecule has 0 unspecified atom stereocenters. The van der Waals surface area contributed by atoms with Crippen LogP contribution < -0.4 is 20.7 Å². The lowest BCUT2D eigenvalue weighted by Gasteiger charge is -2.34. The molecule has 1 saturated heterocycles. The number of carbonyl (C=O) groups excluding carboxylic acids is 2. The van der Waals surface area contributed by atoms with Crippen LogP contribution in [0.15, 0.2) is 54.7 Å². The van der Waals surface area contributed by atoms with Gasteiger partial charge in [0, 0.05) is 63.8 Å². The molecule has 43 heavy (non-hydrogen) atoms. The van der Waals surface area contributed by atoms with E-state index in [0.29, 0.717) is 34.8 Å². The molecule has 1 fully saturated rings. The number of likely N-dealkylation sites (N-methyl/N-ethyl adjacent to an activating group) is 1. The molecule has 0 radical (unpaired) electrons. The monoisotopic (exact) mass is 613 g/mol. The maximum absolute atomic E-state index is 13.9. The van der Waals surface area contributed by atoms with Crippen molar-refractivity contribution in [3.63, 3.8) is 0 Å². The number of rotatable bonds is 8. The molecule has 10 nitrogen and oxygen atoms in total. The standard InChI is InChI=1S/C29H30F3N7O3S/c1-3-38-10-12-39(13-11-38)17-18-4-5-19(14-22(18)29(30,31)32)35-27(41)37-28-36-23-7-6-20(16-25(23)43-28)42-21-8-9-34-24(15-21)26(40)33-2/h4-9,14-16H,3,10-13,17H2,1-2H3,(H,33,40)(H2,35,36,37,41). The van der Waals surface area contributed by atoms with Gasteiger partial charge in [0.25, 0.3) is 5.91 Å². The molecule has 2 aromatic carbocycles. The Morgan fingerprint density at radius 3 is 2.44 bits per heavy atom. The number of ether oxygens (including phenoxy) is 1. The Hall–Kier alpha value is -4.27. The number of alkyl halides is 3. The number of thiazole rings is 1. The maximum atomic E-state index is 13.9. The Labute approximate surface area is 249 Å². The van der Waals surface area contributed by atoms with E-state index in [9.17, 15) is 22.8 Å². The van der Waals surface area contributed by atoms with Crippen LogP contribution in [0, 0.1) is 0 Å². The van der Waals surface area contributed by atoms with E-state index < -0.39 is 17.8 Å². The Morgan fingerprint density at radius 1 is 0.977 bits per heavy atom. The van der Waals surface area contributed by atoms with E-state index in [1.807, 2.05) is 4.90 Å². The fourth-order valence-corrected chi connectivity index (χ4v) is 5.59. The van der Waals surface area contributed by atoms with E-state index in [1.165, 1.54) is 42.8 Å². The predicted octanol–water partition coefficient (Wildman–Crippen LogP) is 5.64. The lowest BCUT2D eigenvalue weighted by atomic mass is 10.0. The molecule has 3 amide bonds. The van der Waals surface area contributed by atoms with E-state index in [-0.39, 0.29) is 34.5 Å². The molecular weight excluding hydrogens is 583 g/mol. The quantitative estimate of drug-likeness (QED) is 0.236. The molecule has 226 valence electrons. The van der Waals surface area contributed by atoms with Crippen LogP contribution >= 0.6 is 11.3 Å². The molecule has 14 heteroatoms. The number of hydrogen-bond donors (Lipinski definition) is 3. The smallest absolute Gasteiger partial charge is 0.416 e. The van der Waals surface area contributed by atoms with Gasteiger partial charge in [0.05, 0.1) is 15.8 Å². The van der Waals surface area contributed by atoms with Crippen molar-refractivity contribution in [2.24, 2.45) is 0 Å². The highest BCUT2D eigenvalue weighted by Gasteiger charge is 2.34. The number of urea groups is 1. The maximum Gasteiger partial charge on any atom is 0.416 e.